The topological polar surface area (TPSA) is 54.6 Å². The van der Waals surface area contributed by atoms with Crippen LogP contribution >= 0.6 is 11.8 Å². The molecular formula is C22H18N2O2S. The Labute approximate surface area is 162 Å². The fourth-order valence-corrected chi connectivity index (χ4v) is 3.48. The molecule has 2 heterocycles. The fraction of sp³-hybridized carbons (Fsp3) is 0.0909. The molecule has 2 aromatic carbocycles. The summed E-state index contributed by atoms with van der Waals surface area (Å²) >= 11 is 1.33. The van der Waals surface area contributed by atoms with E-state index in [9.17, 15) is 4.79 Å². The average molecular weight is 374 g/mol. The molecule has 1 aromatic heterocycles. The predicted octanol–water partition coefficient (Wildman–Crippen LogP) is 5.02. The highest BCUT2D eigenvalue weighted by molar-refractivity contribution is 8.18. The van der Waals surface area contributed by atoms with E-state index in [1.807, 2.05) is 66.7 Å². The number of carbonyl (C=O) groups is 1. The lowest BCUT2D eigenvalue weighted by molar-refractivity contribution is -0.115. The second-order valence-electron chi connectivity index (χ2n) is 6.24. The van der Waals surface area contributed by atoms with Gasteiger partial charge in [-0.1, -0.05) is 60.2 Å². The highest BCUT2D eigenvalue weighted by Gasteiger charge is 2.24. The molecule has 4 rings (SSSR count). The number of benzene rings is 2. The SMILES string of the molecule is Cc1ccc(-c2ccc(/C=C3\SC(=NCc4ccccc4)NC3=O)o2)cc1. The zero-order valence-electron chi connectivity index (χ0n) is 14.8. The number of amides is 1. The third-order valence-corrected chi connectivity index (χ3v) is 5.08. The lowest BCUT2D eigenvalue weighted by Crippen LogP contribution is -2.19. The molecule has 1 amide bonds. The Balaban J connectivity index is 1.48. The van der Waals surface area contributed by atoms with Crippen molar-refractivity contribution < 1.29 is 9.21 Å². The number of nitrogens with zero attached hydrogens (tertiary/aromatic N) is 1. The maximum Gasteiger partial charge on any atom is 0.264 e. The molecular weight excluding hydrogens is 356 g/mol. The van der Waals surface area contributed by atoms with Gasteiger partial charge in [0.15, 0.2) is 5.17 Å². The van der Waals surface area contributed by atoms with E-state index < -0.39 is 0 Å². The van der Waals surface area contributed by atoms with Gasteiger partial charge in [0.1, 0.15) is 11.5 Å². The van der Waals surface area contributed by atoms with E-state index in [1.54, 1.807) is 6.08 Å². The Kier molecular flexibility index (Phi) is 4.94. The smallest absolute Gasteiger partial charge is 0.264 e. The quantitative estimate of drug-likeness (QED) is 0.653. The summed E-state index contributed by atoms with van der Waals surface area (Å²) in [6, 6.07) is 21.9. The lowest BCUT2D eigenvalue weighted by atomic mass is 10.1. The number of aliphatic imine (C=N–C) groups is 1. The Morgan fingerprint density at radius 3 is 2.59 bits per heavy atom. The van der Waals surface area contributed by atoms with Crippen LogP contribution in [0.5, 0.6) is 0 Å². The van der Waals surface area contributed by atoms with Gasteiger partial charge in [-0.05, 0) is 36.4 Å². The number of hydrogen-bond donors (Lipinski definition) is 1. The minimum absolute atomic E-state index is 0.153. The largest absolute Gasteiger partial charge is 0.457 e. The van der Waals surface area contributed by atoms with E-state index in [4.69, 9.17) is 4.42 Å². The molecule has 3 aromatic rings. The molecule has 1 saturated heterocycles. The van der Waals surface area contributed by atoms with Crippen molar-refractivity contribution in [2.45, 2.75) is 13.5 Å². The first kappa shape index (κ1) is 17.4. The number of thioether (sulfide) groups is 1. The van der Waals surface area contributed by atoms with Crippen LogP contribution in [0.1, 0.15) is 16.9 Å². The van der Waals surface area contributed by atoms with Crippen LogP contribution in [0.4, 0.5) is 0 Å². The Bertz CT molecular complexity index is 1020. The summed E-state index contributed by atoms with van der Waals surface area (Å²) in [5.74, 6) is 1.27. The van der Waals surface area contributed by atoms with E-state index in [0.717, 1.165) is 16.9 Å². The molecule has 1 aliphatic heterocycles. The van der Waals surface area contributed by atoms with Gasteiger partial charge >= 0.3 is 0 Å². The van der Waals surface area contributed by atoms with Gasteiger partial charge in [0.25, 0.3) is 5.91 Å². The number of hydrogen-bond acceptors (Lipinski definition) is 4. The molecule has 27 heavy (non-hydrogen) atoms. The van der Waals surface area contributed by atoms with Crippen LogP contribution in [-0.2, 0) is 11.3 Å². The molecule has 5 heteroatoms. The molecule has 1 aliphatic rings. The van der Waals surface area contributed by atoms with Crippen molar-refractivity contribution in [3.8, 4) is 11.3 Å². The molecule has 0 radical (unpaired) electrons. The van der Waals surface area contributed by atoms with E-state index in [2.05, 4.69) is 17.2 Å². The highest BCUT2D eigenvalue weighted by atomic mass is 32.2. The summed E-state index contributed by atoms with van der Waals surface area (Å²) in [5.41, 5.74) is 3.32. The van der Waals surface area contributed by atoms with Gasteiger partial charge in [-0.25, -0.2) is 0 Å². The predicted molar refractivity (Wildman–Crippen MR) is 110 cm³/mol. The number of nitrogens with one attached hydrogen (secondary N) is 1. The third-order valence-electron chi connectivity index (χ3n) is 4.14. The molecule has 4 nitrogen and oxygen atoms in total. The summed E-state index contributed by atoms with van der Waals surface area (Å²) in [4.78, 5) is 17.2. The van der Waals surface area contributed by atoms with Crippen molar-refractivity contribution in [3.05, 3.63) is 88.5 Å². The number of furan rings is 1. The lowest BCUT2D eigenvalue weighted by Gasteiger charge is -1.97. The minimum Gasteiger partial charge on any atom is -0.457 e. The summed E-state index contributed by atoms with van der Waals surface area (Å²) < 4.78 is 5.87. The van der Waals surface area contributed by atoms with E-state index in [1.165, 1.54) is 17.3 Å². The summed E-state index contributed by atoms with van der Waals surface area (Å²) in [6.07, 6.45) is 1.75. The van der Waals surface area contributed by atoms with Crippen molar-refractivity contribution in [2.24, 2.45) is 4.99 Å². The van der Waals surface area contributed by atoms with Crippen LogP contribution in [0, 0.1) is 6.92 Å². The highest BCUT2D eigenvalue weighted by Crippen LogP contribution is 2.29. The fourth-order valence-electron chi connectivity index (χ4n) is 2.68. The van der Waals surface area contributed by atoms with Crippen molar-refractivity contribution in [3.63, 3.8) is 0 Å². The molecule has 0 bridgehead atoms. The van der Waals surface area contributed by atoms with Gasteiger partial charge in [-0.3, -0.25) is 9.79 Å². The van der Waals surface area contributed by atoms with Gasteiger partial charge in [-0.2, -0.15) is 0 Å². The maximum absolute atomic E-state index is 12.2. The van der Waals surface area contributed by atoms with Crippen LogP contribution in [0.2, 0.25) is 0 Å². The Hall–Kier alpha value is -3.05. The second-order valence-corrected chi connectivity index (χ2v) is 7.27. The first-order valence-corrected chi connectivity index (χ1v) is 9.45. The number of amidine groups is 1. The third kappa shape index (κ3) is 4.20. The van der Waals surface area contributed by atoms with Crippen molar-refractivity contribution in [2.75, 3.05) is 0 Å². The first-order valence-electron chi connectivity index (χ1n) is 8.63. The molecule has 0 saturated carbocycles. The summed E-state index contributed by atoms with van der Waals surface area (Å²) in [6.45, 7) is 2.59. The van der Waals surface area contributed by atoms with Crippen LogP contribution in [0.15, 0.2) is 81.0 Å². The van der Waals surface area contributed by atoms with Gasteiger partial charge < -0.3 is 9.73 Å². The second kappa shape index (κ2) is 7.68. The molecule has 0 aliphatic carbocycles. The van der Waals surface area contributed by atoms with Crippen molar-refractivity contribution in [1.82, 2.24) is 5.32 Å². The zero-order chi connectivity index (χ0) is 18.6. The number of aryl methyl sites for hydroxylation is 1. The van der Waals surface area contributed by atoms with Crippen LogP contribution in [0.25, 0.3) is 17.4 Å². The van der Waals surface area contributed by atoms with Crippen LogP contribution < -0.4 is 5.32 Å². The zero-order valence-corrected chi connectivity index (χ0v) is 15.6. The number of carbonyl (C=O) groups excluding carboxylic acids is 1. The molecule has 1 N–H and O–H groups in total. The molecule has 134 valence electrons. The summed E-state index contributed by atoms with van der Waals surface area (Å²) in [7, 11) is 0. The molecule has 0 unspecified atom stereocenters. The van der Waals surface area contributed by atoms with Gasteiger partial charge in [-0.15, -0.1) is 0 Å². The monoisotopic (exact) mass is 374 g/mol. The van der Waals surface area contributed by atoms with E-state index >= 15 is 0 Å². The minimum atomic E-state index is -0.153. The Morgan fingerprint density at radius 2 is 1.81 bits per heavy atom. The average Bonchev–Trinajstić information content (AvgIpc) is 3.29. The standard InChI is InChI=1S/C22H18N2O2S/c1-15-7-9-17(10-8-15)19-12-11-18(26-19)13-20-21(25)24-22(27-20)23-14-16-5-3-2-4-6-16/h2-13H,14H2,1H3,(H,23,24,25)/b20-13-. The van der Waals surface area contributed by atoms with E-state index in [-0.39, 0.29) is 5.91 Å². The van der Waals surface area contributed by atoms with Crippen LogP contribution in [0.3, 0.4) is 0 Å². The molecule has 0 spiro atoms. The normalized spacial score (nSPS) is 16.9. The Morgan fingerprint density at radius 1 is 1.04 bits per heavy atom. The van der Waals surface area contributed by atoms with Crippen LogP contribution in [-0.4, -0.2) is 11.1 Å². The van der Waals surface area contributed by atoms with Crippen molar-refractivity contribution >= 4 is 28.9 Å². The first-order chi connectivity index (χ1) is 13.2. The number of rotatable bonds is 4. The molecule has 1 fully saturated rings. The molecule has 0 atom stereocenters. The van der Waals surface area contributed by atoms with Gasteiger partial charge in [0.05, 0.1) is 11.4 Å². The van der Waals surface area contributed by atoms with E-state index in [0.29, 0.717) is 22.4 Å². The van der Waals surface area contributed by atoms with Crippen molar-refractivity contribution in [1.29, 1.82) is 0 Å². The van der Waals surface area contributed by atoms with Gasteiger partial charge in [0.2, 0.25) is 0 Å². The van der Waals surface area contributed by atoms with Gasteiger partial charge in [0, 0.05) is 11.6 Å². The maximum atomic E-state index is 12.2. The summed E-state index contributed by atoms with van der Waals surface area (Å²) in [5, 5.41) is 3.41.